The number of carbonyl (C=O) groups excluding carboxylic acids is 1. The van der Waals surface area contributed by atoms with Gasteiger partial charge in [0.2, 0.25) is 0 Å². The molecule has 2 rings (SSSR count). The zero-order chi connectivity index (χ0) is 19.6. The van der Waals surface area contributed by atoms with Gasteiger partial charge in [-0.2, -0.15) is 0 Å². The van der Waals surface area contributed by atoms with E-state index in [1.54, 1.807) is 12.2 Å². The summed E-state index contributed by atoms with van der Waals surface area (Å²) in [6.07, 6.45) is 8.46. The lowest BCUT2D eigenvalue weighted by molar-refractivity contribution is -0.116. The zero-order valence-corrected chi connectivity index (χ0v) is 16.9. The van der Waals surface area contributed by atoms with Gasteiger partial charge in [0.25, 0.3) is 5.91 Å². The Morgan fingerprint density at radius 3 is 2.70 bits per heavy atom. The Hall–Kier alpha value is -2.34. The number of hydrogen-bond donors (Lipinski definition) is 3. The first-order valence-electron chi connectivity index (χ1n) is 9.38. The van der Waals surface area contributed by atoms with Crippen LogP contribution >= 0.6 is 12.2 Å². The highest BCUT2D eigenvalue weighted by Crippen LogP contribution is 2.29. The predicted octanol–water partition coefficient (Wildman–Crippen LogP) is 3.58. The van der Waals surface area contributed by atoms with Crippen LogP contribution in [0.3, 0.4) is 0 Å². The van der Waals surface area contributed by atoms with Crippen molar-refractivity contribution < 1.29 is 9.53 Å². The van der Waals surface area contributed by atoms with Crippen molar-refractivity contribution in [1.29, 1.82) is 0 Å². The highest BCUT2D eigenvalue weighted by molar-refractivity contribution is 7.80. The van der Waals surface area contributed by atoms with Crippen molar-refractivity contribution in [3.63, 3.8) is 0 Å². The lowest BCUT2D eigenvalue weighted by Gasteiger charge is -2.35. The number of hydrazine groups is 1. The predicted molar refractivity (Wildman–Crippen MR) is 114 cm³/mol. The number of amides is 1. The molecule has 1 saturated carbocycles. The van der Waals surface area contributed by atoms with Crippen molar-refractivity contribution >= 4 is 29.3 Å². The number of hydrogen-bond acceptors (Lipinski definition) is 3. The van der Waals surface area contributed by atoms with Gasteiger partial charge in [-0.1, -0.05) is 51.5 Å². The molecule has 0 saturated heterocycles. The van der Waals surface area contributed by atoms with Crippen molar-refractivity contribution in [2.75, 3.05) is 6.61 Å². The quantitative estimate of drug-likeness (QED) is 0.301. The van der Waals surface area contributed by atoms with E-state index >= 15 is 0 Å². The summed E-state index contributed by atoms with van der Waals surface area (Å²) in [5.74, 6) is 1.75. The normalized spacial score (nSPS) is 22.1. The first kappa shape index (κ1) is 21.0. The SMILES string of the molecule is C=CCOc1ccc(/C=C/C(=O)NNC(=S)N[C@@H]2CCC[C@@H](C)[C@H]2C)cc1. The van der Waals surface area contributed by atoms with E-state index in [9.17, 15) is 4.79 Å². The summed E-state index contributed by atoms with van der Waals surface area (Å²) in [6.45, 7) is 8.61. The molecule has 0 spiro atoms. The number of nitrogens with one attached hydrogen (secondary N) is 3. The van der Waals surface area contributed by atoms with Gasteiger partial charge in [-0.25, -0.2) is 0 Å². The summed E-state index contributed by atoms with van der Waals surface area (Å²) in [5, 5.41) is 3.76. The van der Waals surface area contributed by atoms with E-state index in [4.69, 9.17) is 17.0 Å². The van der Waals surface area contributed by atoms with E-state index in [1.807, 2.05) is 24.3 Å². The molecule has 1 amide bonds. The Labute approximate surface area is 167 Å². The molecule has 1 aliphatic rings. The van der Waals surface area contributed by atoms with E-state index in [2.05, 4.69) is 36.6 Å². The molecule has 1 aromatic carbocycles. The summed E-state index contributed by atoms with van der Waals surface area (Å²) in [6, 6.07) is 7.82. The van der Waals surface area contributed by atoms with Crippen LogP contribution < -0.4 is 20.9 Å². The molecule has 3 atom stereocenters. The molecular weight excluding hydrogens is 358 g/mol. The number of carbonyl (C=O) groups is 1. The summed E-state index contributed by atoms with van der Waals surface area (Å²) in [5.41, 5.74) is 6.27. The number of rotatable bonds is 6. The van der Waals surface area contributed by atoms with Gasteiger partial charge in [0.15, 0.2) is 5.11 Å². The minimum atomic E-state index is -0.267. The third-order valence-electron chi connectivity index (χ3n) is 5.00. The second-order valence-corrected chi connectivity index (χ2v) is 7.37. The van der Waals surface area contributed by atoms with Crippen LogP contribution in [0, 0.1) is 11.8 Å². The molecule has 27 heavy (non-hydrogen) atoms. The van der Waals surface area contributed by atoms with E-state index in [0.717, 1.165) is 17.7 Å². The lowest BCUT2D eigenvalue weighted by Crippen LogP contribution is -2.52. The Kier molecular flexibility index (Phi) is 8.33. The molecule has 1 aromatic rings. The van der Waals surface area contributed by atoms with E-state index in [1.165, 1.54) is 18.9 Å². The molecule has 0 heterocycles. The minimum absolute atomic E-state index is 0.267. The van der Waals surface area contributed by atoms with Gasteiger partial charge >= 0.3 is 0 Å². The number of thiocarbonyl (C=S) groups is 1. The van der Waals surface area contributed by atoms with Gasteiger partial charge in [0.05, 0.1) is 0 Å². The summed E-state index contributed by atoms with van der Waals surface area (Å²) in [4.78, 5) is 12.0. The third-order valence-corrected chi connectivity index (χ3v) is 5.22. The van der Waals surface area contributed by atoms with Crippen LogP contribution in [0.25, 0.3) is 6.08 Å². The molecule has 3 N–H and O–H groups in total. The second kappa shape index (κ2) is 10.7. The van der Waals surface area contributed by atoms with E-state index in [-0.39, 0.29) is 5.91 Å². The van der Waals surface area contributed by atoms with Crippen molar-refractivity contribution in [1.82, 2.24) is 16.2 Å². The first-order chi connectivity index (χ1) is 13.0. The average molecular weight is 388 g/mol. The zero-order valence-electron chi connectivity index (χ0n) is 16.0. The molecule has 0 unspecified atom stereocenters. The molecule has 146 valence electrons. The topological polar surface area (TPSA) is 62.4 Å². The van der Waals surface area contributed by atoms with Gasteiger partial charge in [-0.3, -0.25) is 15.6 Å². The van der Waals surface area contributed by atoms with Crippen LogP contribution in [0.5, 0.6) is 5.75 Å². The maximum Gasteiger partial charge on any atom is 0.262 e. The Morgan fingerprint density at radius 1 is 1.26 bits per heavy atom. The van der Waals surface area contributed by atoms with E-state index in [0.29, 0.717) is 29.6 Å². The summed E-state index contributed by atoms with van der Waals surface area (Å²) in [7, 11) is 0. The standard InChI is InChI=1S/C21H29N3O2S/c1-4-14-26-18-11-8-17(9-12-18)10-13-20(25)23-24-21(27)22-19-7-5-6-15(2)16(19)3/h4,8-13,15-16,19H,1,5-7,14H2,2-3H3,(H,23,25)(H2,22,24,27)/b13-10+/t15-,16-,19-/m1/s1. The fourth-order valence-corrected chi connectivity index (χ4v) is 3.35. The van der Waals surface area contributed by atoms with Crippen LogP contribution in [0.4, 0.5) is 0 Å². The maximum atomic E-state index is 12.0. The molecule has 0 radical (unpaired) electrons. The fourth-order valence-electron chi connectivity index (χ4n) is 3.15. The summed E-state index contributed by atoms with van der Waals surface area (Å²) < 4.78 is 5.42. The van der Waals surface area contributed by atoms with Gasteiger partial charge in [-0.05, 0) is 54.2 Å². The van der Waals surface area contributed by atoms with Gasteiger partial charge in [0, 0.05) is 12.1 Å². The van der Waals surface area contributed by atoms with Crippen LogP contribution in [0.15, 0.2) is 43.0 Å². The van der Waals surface area contributed by atoms with Crippen molar-refractivity contribution in [2.45, 2.75) is 39.2 Å². The third kappa shape index (κ3) is 7.06. The minimum Gasteiger partial charge on any atom is -0.490 e. The van der Waals surface area contributed by atoms with Crippen molar-refractivity contribution in [3.05, 3.63) is 48.6 Å². The lowest BCUT2D eigenvalue weighted by atomic mass is 9.78. The molecule has 6 heteroatoms. The average Bonchev–Trinajstić information content (AvgIpc) is 2.67. The largest absolute Gasteiger partial charge is 0.490 e. The molecular formula is C21H29N3O2S. The Balaban J connectivity index is 1.74. The first-order valence-corrected chi connectivity index (χ1v) is 9.78. The number of ether oxygens (including phenoxy) is 1. The highest BCUT2D eigenvalue weighted by Gasteiger charge is 2.27. The van der Waals surface area contributed by atoms with Crippen molar-refractivity contribution in [2.24, 2.45) is 11.8 Å². The smallest absolute Gasteiger partial charge is 0.262 e. The Bertz CT molecular complexity index is 673. The Morgan fingerprint density at radius 2 is 2.00 bits per heavy atom. The van der Waals surface area contributed by atoms with Gasteiger partial charge in [-0.15, -0.1) is 0 Å². The maximum absolute atomic E-state index is 12.0. The monoisotopic (exact) mass is 387 g/mol. The molecule has 0 aromatic heterocycles. The number of benzene rings is 1. The molecule has 0 bridgehead atoms. The second-order valence-electron chi connectivity index (χ2n) is 6.96. The molecule has 1 aliphatic carbocycles. The molecule has 0 aliphatic heterocycles. The highest BCUT2D eigenvalue weighted by atomic mass is 32.1. The molecule has 1 fully saturated rings. The van der Waals surface area contributed by atoms with Crippen LogP contribution in [-0.4, -0.2) is 23.7 Å². The van der Waals surface area contributed by atoms with Gasteiger partial charge < -0.3 is 10.1 Å². The van der Waals surface area contributed by atoms with E-state index < -0.39 is 0 Å². The van der Waals surface area contributed by atoms with Crippen LogP contribution in [0.2, 0.25) is 0 Å². The van der Waals surface area contributed by atoms with Crippen LogP contribution in [0.1, 0.15) is 38.7 Å². The van der Waals surface area contributed by atoms with Gasteiger partial charge in [0.1, 0.15) is 12.4 Å². The molecule has 5 nitrogen and oxygen atoms in total. The summed E-state index contributed by atoms with van der Waals surface area (Å²) >= 11 is 5.29. The van der Waals surface area contributed by atoms with Crippen LogP contribution in [-0.2, 0) is 4.79 Å². The van der Waals surface area contributed by atoms with Crippen molar-refractivity contribution in [3.8, 4) is 5.75 Å². The fraction of sp³-hybridized carbons (Fsp3) is 0.429.